The Morgan fingerprint density at radius 1 is 0.875 bits per heavy atom. The molecule has 0 saturated heterocycles. The molecule has 5 nitrogen and oxygen atoms in total. The van der Waals surface area contributed by atoms with Crippen LogP contribution in [0.25, 0.3) is 39.6 Å². The Kier molecular flexibility index (Phi) is 4.86. The summed E-state index contributed by atoms with van der Waals surface area (Å²) in [4.78, 5) is 18.3. The van der Waals surface area contributed by atoms with Crippen molar-refractivity contribution in [3.8, 4) is 11.4 Å². The SMILES string of the molecule is COc1ccc(-n2c(/C=C\c3c(C)n(C)c4ccccc34)nc3ccccc3c2=O)cc1. The van der Waals surface area contributed by atoms with Crippen LogP contribution < -0.4 is 10.3 Å². The topological polar surface area (TPSA) is 49.0 Å². The Morgan fingerprint density at radius 3 is 2.31 bits per heavy atom. The molecule has 2 heterocycles. The number of nitrogens with zero attached hydrogens (tertiary/aromatic N) is 3. The average molecular weight is 422 g/mol. The predicted octanol–water partition coefficient (Wildman–Crippen LogP) is 5.36. The summed E-state index contributed by atoms with van der Waals surface area (Å²) in [5.41, 5.74) is 4.76. The normalized spacial score (nSPS) is 11.6. The van der Waals surface area contributed by atoms with E-state index < -0.39 is 0 Å². The third kappa shape index (κ3) is 3.19. The van der Waals surface area contributed by atoms with E-state index in [1.54, 1.807) is 11.7 Å². The standard InChI is InChI=1S/C27H23N3O2/c1-18-21(22-8-5-7-11-25(22)29(18)2)16-17-26-28-24-10-6-4-9-23(24)27(31)30(26)19-12-14-20(32-3)15-13-19/h4-17H,1-3H3/b17-16-. The van der Waals surface area contributed by atoms with E-state index in [1.807, 2.05) is 72.8 Å². The van der Waals surface area contributed by atoms with Crippen molar-refractivity contribution in [2.24, 2.45) is 7.05 Å². The first-order chi connectivity index (χ1) is 15.6. The molecule has 0 radical (unpaired) electrons. The lowest BCUT2D eigenvalue weighted by Gasteiger charge is -2.12. The zero-order valence-corrected chi connectivity index (χ0v) is 18.2. The Hall–Kier alpha value is -4.12. The van der Waals surface area contributed by atoms with E-state index in [0.717, 1.165) is 22.7 Å². The molecule has 32 heavy (non-hydrogen) atoms. The van der Waals surface area contributed by atoms with Gasteiger partial charge in [-0.15, -0.1) is 0 Å². The molecule has 0 saturated carbocycles. The van der Waals surface area contributed by atoms with Gasteiger partial charge in [-0.2, -0.15) is 0 Å². The molecule has 3 aromatic carbocycles. The van der Waals surface area contributed by atoms with Crippen LogP contribution in [0.5, 0.6) is 5.75 Å². The van der Waals surface area contributed by atoms with Crippen LogP contribution in [0.15, 0.2) is 77.6 Å². The van der Waals surface area contributed by atoms with Gasteiger partial charge >= 0.3 is 0 Å². The lowest BCUT2D eigenvalue weighted by molar-refractivity contribution is 0.414. The monoisotopic (exact) mass is 421 g/mol. The van der Waals surface area contributed by atoms with Crippen molar-refractivity contribution < 1.29 is 4.74 Å². The highest BCUT2D eigenvalue weighted by molar-refractivity contribution is 5.93. The van der Waals surface area contributed by atoms with E-state index in [1.165, 1.54) is 10.9 Å². The number of hydrogen-bond acceptors (Lipinski definition) is 3. The fourth-order valence-electron chi connectivity index (χ4n) is 4.16. The molecule has 0 amide bonds. The molecule has 5 aromatic rings. The summed E-state index contributed by atoms with van der Waals surface area (Å²) in [6, 6.07) is 23.2. The zero-order valence-electron chi connectivity index (χ0n) is 18.2. The molecule has 2 aromatic heterocycles. The smallest absolute Gasteiger partial charge is 0.266 e. The van der Waals surface area contributed by atoms with Gasteiger partial charge in [0, 0.05) is 29.2 Å². The van der Waals surface area contributed by atoms with Gasteiger partial charge in [-0.3, -0.25) is 9.36 Å². The van der Waals surface area contributed by atoms with E-state index in [0.29, 0.717) is 16.7 Å². The number of aryl methyl sites for hydroxylation is 1. The molecular formula is C27H23N3O2. The number of aromatic nitrogens is 3. The van der Waals surface area contributed by atoms with E-state index in [4.69, 9.17) is 9.72 Å². The fraction of sp³-hybridized carbons (Fsp3) is 0.111. The molecule has 158 valence electrons. The van der Waals surface area contributed by atoms with Crippen LogP contribution in [0.1, 0.15) is 17.1 Å². The maximum absolute atomic E-state index is 13.5. The minimum atomic E-state index is -0.102. The Labute approximate surface area is 185 Å². The first kappa shape index (κ1) is 19.8. The quantitative estimate of drug-likeness (QED) is 0.392. The Balaban J connectivity index is 1.73. The minimum Gasteiger partial charge on any atom is -0.497 e. The molecule has 0 spiro atoms. The molecule has 0 aliphatic rings. The fourth-order valence-corrected chi connectivity index (χ4v) is 4.16. The summed E-state index contributed by atoms with van der Waals surface area (Å²) in [6.45, 7) is 2.10. The molecule has 5 heteroatoms. The molecule has 0 unspecified atom stereocenters. The minimum absolute atomic E-state index is 0.102. The van der Waals surface area contributed by atoms with Crippen LogP contribution in [-0.2, 0) is 7.05 Å². The maximum atomic E-state index is 13.5. The van der Waals surface area contributed by atoms with Crippen LogP contribution in [0.4, 0.5) is 0 Å². The molecule has 0 fully saturated rings. The lowest BCUT2D eigenvalue weighted by atomic mass is 10.1. The van der Waals surface area contributed by atoms with Gasteiger partial charge in [0.05, 0.1) is 23.7 Å². The number of ether oxygens (including phenoxy) is 1. The van der Waals surface area contributed by atoms with Gasteiger partial charge in [-0.25, -0.2) is 4.98 Å². The van der Waals surface area contributed by atoms with Gasteiger partial charge < -0.3 is 9.30 Å². The van der Waals surface area contributed by atoms with Crippen molar-refractivity contribution in [3.05, 3.63) is 100 Å². The molecule has 0 N–H and O–H groups in total. The van der Waals surface area contributed by atoms with Crippen LogP contribution in [0, 0.1) is 6.92 Å². The number of fused-ring (bicyclic) bond motifs is 2. The number of methoxy groups -OCH3 is 1. The summed E-state index contributed by atoms with van der Waals surface area (Å²) in [7, 11) is 3.69. The first-order valence-electron chi connectivity index (χ1n) is 10.5. The molecule has 0 atom stereocenters. The number of rotatable bonds is 4. The zero-order chi connectivity index (χ0) is 22.2. The van der Waals surface area contributed by atoms with Crippen molar-refractivity contribution in [1.29, 1.82) is 0 Å². The highest BCUT2D eigenvalue weighted by Gasteiger charge is 2.13. The third-order valence-electron chi connectivity index (χ3n) is 5.98. The molecular weight excluding hydrogens is 398 g/mol. The Morgan fingerprint density at radius 2 is 1.56 bits per heavy atom. The number of para-hydroxylation sites is 2. The summed E-state index contributed by atoms with van der Waals surface area (Å²) in [6.07, 6.45) is 3.97. The van der Waals surface area contributed by atoms with Crippen molar-refractivity contribution >= 4 is 34.0 Å². The molecule has 0 aliphatic carbocycles. The van der Waals surface area contributed by atoms with Crippen LogP contribution >= 0.6 is 0 Å². The van der Waals surface area contributed by atoms with Crippen molar-refractivity contribution in [2.75, 3.05) is 7.11 Å². The second-order valence-electron chi connectivity index (χ2n) is 7.73. The van der Waals surface area contributed by atoms with E-state index in [2.05, 4.69) is 30.7 Å². The second kappa shape index (κ2) is 7.85. The van der Waals surface area contributed by atoms with Crippen molar-refractivity contribution in [2.45, 2.75) is 6.92 Å². The van der Waals surface area contributed by atoms with Crippen LogP contribution in [0.3, 0.4) is 0 Å². The summed E-state index contributed by atoms with van der Waals surface area (Å²) >= 11 is 0. The highest BCUT2D eigenvalue weighted by atomic mass is 16.5. The molecule has 5 rings (SSSR count). The third-order valence-corrected chi connectivity index (χ3v) is 5.98. The van der Waals surface area contributed by atoms with Gasteiger partial charge in [0.1, 0.15) is 11.6 Å². The van der Waals surface area contributed by atoms with E-state index in [-0.39, 0.29) is 5.56 Å². The van der Waals surface area contributed by atoms with Gasteiger partial charge in [0.2, 0.25) is 0 Å². The predicted molar refractivity (Wildman–Crippen MR) is 130 cm³/mol. The van der Waals surface area contributed by atoms with Gasteiger partial charge in [0.15, 0.2) is 0 Å². The highest BCUT2D eigenvalue weighted by Crippen LogP contribution is 2.27. The number of benzene rings is 3. The van der Waals surface area contributed by atoms with Crippen molar-refractivity contribution in [1.82, 2.24) is 14.1 Å². The van der Waals surface area contributed by atoms with Crippen molar-refractivity contribution in [3.63, 3.8) is 0 Å². The second-order valence-corrected chi connectivity index (χ2v) is 7.73. The summed E-state index contributed by atoms with van der Waals surface area (Å²) < 4.78 is 9.11. The van der Waals surface area contributed by atoms with Gasteiger partial charge in [-0.05, 0) is 61.5 Å². The van der Waals surface area contributed by atoms with Gasteiger partial charge in [0.25, 0.3) is 5.56 Å². The average Bonchev–Trinajstić information content (AvgIpc) is 3.08. The van der Waals surface area contributed by atoms with Crippen LogP contribution in [-0.4, -0.2) is 21.2 Å². The first-order valence-corrected chi connectivity index (χ1v) is 10.5. The molecule has 0 bridgehead atoms. The Bertz CT molecular complexity index is 1540. The largest absolute Gasteiger partial charge is 0.497 e. The maximum Gasteiger partial charge on any atom is 0.266 e. The summed E-state index contributed by atoms with van der Waals surface area (Å²) in [5.74, 6) is 1.31. The van der Waals surface area contributed by atoms with E-state index in [9.17, 15) is 4.79 Å². The molecule has 0 aliphatic heterocycles. The lowest BCUT2D eigenvalue weighted by Crippen LogP contribution is -2.22. The van der Waals surface area contributed by atoms with Crippen LogP contribution in [0.2, 0.25) is 0 Å². The summed E-state index contributed by atoms with van der Waals surface area (Å²) in [5, 5.41) is 1.75. The number of hydrogen-bond donors (Lipinski definition) is 0. The van der Waals surface area contributed by atoms with E-state index >= 15 is 0 Å². The van der Waals surface area contributed by atoms with Gasteiger partial charge in [-0.1, -0.05) is 30.3 Å².